The van der Waals surface area contributed by atoms with Crippen LogP contribution in [0.15, 0.2) is 42.5 Å². The van der Waals surface area contributed by atoms with Gasteiger partial charge in [-0.15, -0.1) is 0 Å². The van der Waals surface area contributed by atoms with Gasteiger partial charge in [0.1, 0.15) is 29.0 Å². The Balaban J connectivity index is 1.33. The second kappa shape index (κ2) is 9.40. The number of thiazole rings is 1. The molecule has 0 unspecified atom stereocenters. The lowest BCUT2D eigenvalue weighted by atomic mass is 9.91. The molecule has 3 aromatic rings. The highest BCUT2D eigenvalue weighted by Gasteiger charge is 2.40. The lowest BCUT2D eigenvalue weighted by Crippen LogP contribution is -2.58. The van der Waals surface area contributed by atoms with E-state index in [0.29, 0.717) is 30.5 Å². The second-order valence-electron chi connectivity index (χ2n) is 8.05. The quantitative estimate of drug-likeness (QED) is 0.561. The maximum atomic E-state index is 13.4. The van der Waals surface area contributed by atoms with E-state index in [2.05, 4.69) is 10.3 Å². The number of piperidine rings is 1. The number of anilines is 1. The Hall–Kier alpha value is -2.75. The molecule has 1 fully saturated rings. The molecule has 1 aromatic heterocycles. The van der Waals surface area contributed by atoms with Gasteiger partial charge in [-0.05, 0) is 50.6 Å². The first kappa shape index (κ1) is 22.4. The van der Waals surface area contributed by atoms with Crippen LogP contribution in [-0.2, 0) is 4.79 Å². The van der Waals surface area contributed by atoms with Crippen molar-refractivity contribution in [3.63, 3.8) is 0 Å². The van der Waals surface area contributed by atoms with Crippen LogP contribution in [-0.4, -0.2) is 58.8 Å². The molecule has 4 rings (SSSR count). The van der Waals surface area contributed by atoms with Crippen molar-refractivity contribution in [2.45, 2.75) is 32.0 Å². The van der Waals surface area contributed by atoms with Crippen molar-refractivity contribution < 1.29 is 23.8 Å². The number of carbonyl (C=O) groups is 1. The van der Waals surface area contributed by atoms with Gasteiger partial charge in [0, 0.05) is 19.2 Å². The smallest absolute Gasteiger partial charge is 0.240 e. The summed E-state index contributed by atoms with van der Waals surface area (Å²) in [5, 5.41) is 14.3. The van der Waals surface area contributed by atoms with Crippen LogP contribution >= 0.6 is 11.3 Å². The number of β-amino-alcohol motifs (C(OH)–C–C–N with tert-alkyl or cyclic N) is 1. The van der Waals surface area contributed by atoms with E-state index in [1.807, 2.05) is 30.0 Å². The molecule has 1 aliphatic rings. The van der Waals surface area contributed by atoms with Gasteiger partial charge >= 0.3 is 0 Å². The SMILES string of the molecule is CCOc1ccc2nc(NC(=O)CN3CC[C@H](Oc4cccc(F)c4)[C@@](C)(O)C3)sc2c1. The largest absolute Gasteiger partial charge is 0.494 e. The minimum atomic E-state index is -1.18. The molecule has 170 valence electrons. The van der Waals surface area contributed by atoms with Gasteiger partial charge in [0.05, 0.1) is 23.4 Å². The highest BCUT2D eigenvalue weighted by Crippen LogP contribution is 2.30. The van der Waals surface area contributed by atoms with Crippen LogP contribution in [0, 0.1) is 5.82 Å². The van der Waals surface area contributed by atoms with E-state index < -0.39 is 11.7 Å². The van der Waals surface area contributed by atoms with E-state index in [1.165, 1.54) is 23.5 Å². The van der Waals surface area contributed by atoms with Crippen LogP contribution in [0.5, 0.6) is 11.5 Å². The third-order valence-electron chi connectivity index (χ3n) is 5.30. The van der Waals surface area contributed by atoms with Crippen molar-refractivity contribution in [3.8, 4) is 11.5 Å². The number of likely N-dealkylation sites (tertiary alicyclic amines) is 1. The number of rotatable bonds is 7. The van der Waals surface area contributed by atoms with Gasteiger partial charge in [0.2, 0.25) is 5.91 Å². The van der Waals surface area contributed by atoms with Crippen molar-refractivity contribution in [1.82, 2.24) is 9.88 Å². The monoisotopic (exact) mass is 459 g/mol. The first-order valence-electron chi connectivity index (χ1n) is 10.5. The van der Waals surface area contributed by atoms with Crippen molar-refractivity contribution in [2.75, 3.05) is 31.6 Å². The highest BCUT2D eigenvalue weighted by molar-refractivity contribution is 7.22. The summed E-state index contributed by atoms with van der Waals surface area (Å²) in [6, 6.07) is 11.5. The van der Waals surface area contributed by atoms with Gasteiger partial charge < -0.3 is 19.9 Å². The molecule has 2 N–H and O–H groups in total. The Bertz CT molecular complexity index is 1100. The Kier molecular flexibility index (Phi) is 6.59. The Labute approximate surface area is 189 Å². The molecule has 1 aliphatic heterocycles. The normalized spacial score (nSPS) is 21.4. The molecule has 1 saturated heterocycles. The summed E-state index contributed by atoms with van der Waals surface area (Å²) in [6.45, 7) is 5.14. The fourth-order valence-corrected chi connectivity index (χ4v) is 4.76. The van der Waals surface area contributed by atoms with E-state index in [1.54, 1.807) is 19.1 Å². The van der Waals surface area contributed by atoms with E-state index in [-0.39, 0.29) is 24.8 Å². The van der Waals surface area contributed by atoms with E-state index >= 15 is 0 Å². The number of nitrogens with zero attached hydrogens (tertiary/aromatic N) is 2. The highest BCUT2D eigenvalue weighted by atomic mass is 32.1. The lowest BCUT2D eigenvalue weighted by molar-refractivity contribution is -0.123. The number of halogens is 1. The van der Waals surface area contributed by atoms with E-state index in [0.717, 1.165) is 16.0 Å². The van der Waals surface area contributed by atoms with Gasteiger partial charge in [0.15, 0.2) is 5.13 Å². The summed E-state index contributed by atoms with van der Waals surface area (Å²) in [5.74, 6) is 0.562. The zero-order valence-corrected chi connectivity index (χ0v) is 18.8. The minimum absolute atomic E-state index is 0.128. The number of carbonyl (C=O) groups excluding carboxylic acids is 1. The first-order chi connectivity index (χ1) is 15.3. The molecule has 0 radical (unpaired) electrons. The molecule has 2 aromatic carbocycles. The number of aromatic nitrogens is 1. The summed E-state index contributed by atoms with van der Waals surface area (Å²) in [7, 11) is 0. The number of fused-ring (bicyclic) bond motifs is 1. The molecule has 32 heavy (non-hydrogen) atoms. The molecule has 1 amide bonds. The van der Waals surface area contributed by atoms with Crippen molar-refractivity contribution in [2.24, 2.45) is 0 Å². The van der Waals surface area contributed by atoms with Gasteiger partial charge in [-0.1, -0.05) is 17.4 Å². The van der Waals surface area contributed by atoms with E-state index in [4.69, 9.17) is 9.47 Å². The maximum Gasteiger partial charge on any atom is 0.240 e. The van der Waals surface area contributed by atoms with Gasteiger partial charge in [-0.3, -0.25) is 9.69 Å². The van der Waals surface area contributed by atoms with Crippen LogP contribution in [0.25, 0.3) is 10.2 Å². The summed E-state index contributed by atoms with van der Waals surface area (Å²) in [4.78, 5) is 18.9. The molecule has 0 spiro atoms. The van der Waals surface area contributed by atoms with Crippen LogP contribution < -0.4 is 14.8 Å². The molecular weight excluding hydrogens is 433 g/mol. The predicted molar refractivity (Wildman–Crippen MR) is 122 cm³/mol. The van der Waals surface area contributed by atoms with Gasteiger partial charge in [-0.2, -0.15) is 0 Å². The molecular formula is C23H26FN3O4S. The third kappa shape index (κ3) is 5.35. The zero-order valence-electron chi connectivity index (χ0n) is 18.0. The number of hydrogen-bond donors (Lipinski definition) is 2. The lowest BCUT2D eigenvalue weighted by Gasteiger charge is -2.42. The van der Waals surface area contributed by atoms with Gasteiger partial charge in [-0.25, -0.2) is 9.37 Å². The van der Waals surface area contributed by atoms with Crippen molar-refractivity contribution >= 4 is 32.6 Å². The molecule has 0 bridgehead atoms. The summed E-state index contributed by atoms with van der Waals surface area (Å²) in [6.07, 6.45) is 0.0189. The summed E-state index contributed by atoms with van der Waals surface area (Å²) < 4.78 is 25.7. The molecule has 0 aliphatic carbocycles. The number of ether oxygens (including phenoxy) is 2. The summed E-state index contributed by atoms with van der Waals surface area (Å²) >= 11 is 1.39. The fourth-order valence-electron chi connectivity index (χ4n) is 3.85. The Morgan fingerprint density at radius 1 is 1.34 bits per heavy atom. The zero-order chi connectivity index (χ0) is 22.7. The second-order valence-corrected chi connectivity index (χ2v) is 9.08. The van der Waals surface area contributed by atoms with Crippen LogP contribution in [0.1, 0.15) is 20.3 Å². The molecule has 9 heteroatoms. The third-order valence-corrected chi connectivity index (χ3v) is 6.24. The Morgan fingerprint density at radius 2 is 2.19 bits per heavy atom. The van der Waals surface area contributed by atoms with Crippen LogP contribution in [0.4, 0.5) is 9.52 Å². The van der Waals surface area contributed by atoms with E-state index in [9.17, 15) is 14.3 Å². The number of nitrogens with one attached hydrogen (secondary N) is 1. The number of hydrogen-bond acceptors (Lipinski definition) is 7. The van der Waals surface area contributed by atoms with Crippen LogP contribution in [0.2, 0.25) is 0 Å². The topological polar surface area (TPSA) is 83.9 Å². The standard InChI is InChI=1S/C23H26FN3O4S/c1-3-30-16-7-8-18-19(12-16)32-22(25-18)26-21(28)13-27-10-9-20(23(2,29)14-27)31-17-6-4-5-15(24)11-17/h4-8,11-12,20,29H,3,9-10,13-14H2,1-2H3,(H,25,26,28)/t20-,23-/m0/s1. The van der Waals surface area contributed by atoms with Crippen molar-refractivity contribution in [1.29, 1.82) is 0 Å². The first-order valence-corrected chi connectivity index (χ1v) is 11.3. The summed E-state index contributed by atoms with van der Waals surface area (Å²) in [5.41, 5.74) is -0.386. The van der Waals surface area contributed by atoms with Gasteiger partial charge in [0.25, 0.3) is 0 Å². The number of amides is 1. The number of benzene rings is 2. The molecule has 2 atom stereocenters. The minimum Gasteiger partial charge on any atom is -0.494 e. The van der Waals surface area contributed by atoms with Crippen LogP contribution in [0.3, 0.4) is 0 Å². The number of aliphatic hydroxyl groups is 1. The maximum absolute atomic E-state index is 13.4. The average Bonchev–Trinajstić information content (AvgIpc) is 3.11. The predicted octanol–water partition coefficient (Wildman–Crippen LogP) is 3.68. The molecule has 2 heterocycles. The Morgan fingerprint density at radius 3 is 2.94 bits per heavy atom. The fraction of sp³-hybridized carbons (Fsp3) is 0.391. The van der Waals surface area contributed by atoms with Crippen molar-refractivity contribution in [3.05, 3.63) is 48.3 Å². The molecule has 7 nitrogen and oxygen atoms in total. The average molecular weight is 460 g/mol. The molecule has 0 saturated carbocycles.